The summed E-state index contributed by atoms with van der Waals surface area (Å²) in [4.78, 5) is 19.7. The normalized spacial score (nSPS) is 10.8. The zero-order valence-corrected chi connectivity index (χ0v) is 18.8. The maximum absolute atomic E-state index is 10.9. The maximum atomic E-state index is 10.9. The largest absolute Gasteiger partial charge is 0.497 e. The van der Waals surface area contributed by atoms with E-state index < -0.39 is 12.6 Å². The first-order valence-electron chi connectivity index (χ1n) is 10.8. The Balaban J connectivity index is 1.64. The number of hydrogen-bond donors (Lipinski definition) is 2. The molecule has 35 heavy (non-hydrogen) atoms. The first kappa shape index (κ1) is 22.0. The second kappa shape index (κ2) is 9.56. The molecule has 0 aliphatic rings. The number of hydrogen-bond acceptors (Lipinski definition) is 7. The summed E-state index contributed by atoms with van der Waals surface area (Å²) in [5, 5.41) is 12.9. The van der Waals surface area contributed by atoms with Crippen molar-refractivity contribution in [1.82, 2.24) is 9.97 Å². The Morgan fingerprint density at radius 3 is 2.49 bits per heavy atom. The highest BCUT2D eigenvalue weighted by molar-refractivity contribution is 6.06. The van der Waals surface area contributed by atoms with Crippen molar-refractivity contribution in [2.24, 2.45) is 0 Å². The molecule has 0 saturated carbocycles. The number of aliphatic carboxylic acids is 1. The number of rotatable bonds is 8. The third-order valence-corrected chi connectivity index (χ3v) is 5.36. The average Bonchev–Trinajstić information content (AvgIpc) is 3.29. The van der Waals surface area contributed by atoms with Crippen LogP contribution in [0.3, 0.4) is 0 Å². The fourth-order valence-corrected chi connectivity index (χ4v) is 3.80. The van der Waals surface area contributed by atoms with Crippen molar-refractivity contribution in [3.8, 4) is 33.9 Å². The molecule has 8 nitrogen and oxygen atoms in total. The molecule has 0 spiro atoms. The van der Waals surface area contributed by atoms with E-state index in [0.717, 1.165) is 22.4 Å². The molecule has 0 radical (unpaired) electrons. The van der Waals surface area contributed by atoms with E-state index in [9.17, 15) is 4.79 Å². The minimum atomic E-state index is -1.04. The number of ether oxygens (including phenoxy) is 2. The first-order valence-corrected chi connectivity index (χ1v) is 10.8. The van der Waals surface area contributed by atoms with Crippen molar-refractivity contribution >= 4 is 28.6 Å². The molecule has 3 aromatic carbocycles. The van der Waals surface area contributed by atoms with Crippen LogP contribution in [0.25, 0.3) is 33.6 Å². The lowest BCUT2D eigenvalue weighted by Gasteiger charge is -2.10. The standard InChI is InChI=1S/C27H21N3O5/c1-33-20-12-10-17(11-13-20)23-24-26(30-19-8-5-9-21(14-19)34-15-22(31)32)28-16-29-27(24)35-25(23)18-6-3-2-4-7-18/h2-14,16H,15H2,1H3,(H,31,32)(H,28,29,30). The van der Waals surface area contributed by atoms with Gasteiger partial charge < -0.3 is 24.3 Å². The predicted octanol–water partition coefficient (Wildman–Crippen LogP) is 5.77. The van der Waals surface area contributed by atoms with Gasteiger partial charge in [-0.25, -0.2) is 14.8 Å². The number of furan rings is 1. The van der Waals surface area contributed by atoms with Gasteiger partial charge in [0.15, 0.2) is 6.61 Å². The predicted molar refractivity (Wildman–Crippen MR) is 132 cm³/mol. The molecular weight excluding hydrogens is 446 g/mol. The van der Waals surface area contributed by atoms with Crippen molar-refractivity contribution in [2.45, 2.75) is 0 Å². The van der Waals surface area contributed by atoms with Crippen LogP contribution in [-0.2, 0) is 4.79 Å². The first-order chi connectivity index (χ1) is 17.1. The van der Waals surface area contributed by atoms with Gasteiger partial charge in [0.05, 0.1) is 12.5 Å². The molecule has 5 rings (SSSR count). The van der Waals surface area contributed by atoms with E-state index in [-0.39, 0.29) is 0 Å². The van der Waals surface area contributed by atoms with Crippen LogP contribution in [-0.4, -0.2) is 34.8 Å². The molecular formula is C27H21N3O5. The number of carboxylic acids is 1. The minimum absolute atomic E-state index is 0.426. The molecule has 174 valence electrons. The Morgan fingerprint density at radius 1 is 0.943 bits per heavy atom. The summed E-state index contributed by atoms with van der Waals surface area (Å²) in [6, 6.07) is 24.5. The van der Waals surface area contributed by atoms with Crippen molar-refractivity contribution in [2.75, 3.05) is 19.0 Å². The highest BCUT2D eigenvalue weighted by Gasteiger charge is 2.22. The quantitative estimate of drug-likeness (QED) is 0.296. The van der Waals surface area contributed by atoms with Crippen LogP contribution in [0, 0.1) is 0 Å². The third-order valence-electron chi connectivity index (χ3n) is 5.36. The molecule has 5 aromatic rings. The van der Waals surface area contributed by atoms with Gasteiger partial charge in [-0.2, -0.15) is 0 Å². The molecule has 0 fully saturated rings. The van der Waals surface area contributed by atoms with Gasteiger partial charge >= 0.3 is 5.97 Å². The van der Waals surface area contributed by atoms with E-state index in [1.54, 1.807) is 25.3 Å². The van der Waals surface area contributed by atoms with Crippen molar-refractivity contribution in [3.05, 3.63) is 85.2 Å². The molecule has 2 heterocycles. The number of methoxy groups -OCH3 is 1. The molecule has 0 bridgehead atoms. The molecule has 0 saturated heterocycles. The summed E-state index contributed by atoms with van der Waals surface area (Å²) >= 11 is 0. The van der Waals surface area contributed by atoms with E-state index in [1.165, 1.54) is 6.33 Å². The number of carboxylic acid groups (broad SMARTS) is 1. The molecule has 0 amide bonds. The lowest BCUT2D eigenvalue weighted by Crippen LogP contribution is -2.09. The van der Waals surface area contributed by atoms with Crippen LogP contribution >= 0.6 is 0 Å². The number of aromatic nitrogens is 2. The maximum Gasteiger partial charge on any atom is 0.341 e. The summed E-state index contributed by atoms with van der Waals surface area (Å²) in [5.74, 6) is 1.35. The molecule has 8 heteroatoms. The van der Waals surface area contributed by atoms with Crippen LogP contribution in [0.15, 0.2) is 89.6 Å². The van der Waals surface area contributed by atoms with E-state index in [2.05, 4.69) is 15.3 Å². The van der Waals surface area contributed by atoms with Crippen LogP contribution in [0.1, 0.15) is 0 Å². The molecule has 2 aromatic heterocycles. The lowest BCUT2D eigenvalue weighted by molar-refractivity contribution is -0.139. The van der Waals surface area contributed by atoms with Gasteiger partial charge in [0, 0.05) is 22.9 Å². The van der Waals surface area contributed by atoms with E-state index in [1.807, 2.05) is 60.7 Å². The van der Waals surface area contributed by atoms with Gasteiger partial charge in [0.1, 0.15) is 29.4 Å². The van der Waals surface area contributed by atoms with Gasteiger partial charge in [-0.05, 0) is 29.8 Å². The Hall–Kier alpha value is -4.85. The highest BCUT2D eigenvalue weighted by Crippen LogP contribution is 2.43. The Morgan fingerprint density at radius 2 is 1.74 bits per heavy atom. The summed E-state index contributed by atoms with van der Waals surface area (Å²) in [7, 11) is 1.63. The number of anilines is 2. The van der Waals surface area contributed by atoms with Crippen molar-refractivity contribution in [1.29, 1.82) is 0 Å². The molecule has 0 aliphatic heterocycles. The van der Waals surface area contributed by atoms with Gasteiger partial charge in [-0.15, -0.1) is 0 Å². The van der Waals surface area contributed by atoms with Gasteiger partial charge in [0.2, 0.25) is 5.71 Å². The zero-order valence-electron chi connectivity index (χ0n) is 18.8. The number of carbonyl (C=O) groups is 1. The fraction of sp³-hybridized carbons (Fsp3) is 0.0741. The molecule has 0 unspecified atom stereocenters. The Labute approximate surface area is 200 Å². The lowest BCUT2D eigenvalue weighted by atomic mass is 9.99. The molecule has 2 N–H and O–H groups in total. The summed E-state index contributed by atoms with van der Waals surface area (Å²) < 4.78 is 16.9. The van der Waals surface area contributed by atoms with Crippen LogP contribution in [0.4, 0.5) is 11.5 Å². The summed E-state index contributed by atoms with van der Waals surface area (Å²) in [6.45, 7) is -0.426. The monoisotopic (exact) mass is 467 g/mol. The van der Waals surface area contributed by atoms with E-state index >= 15 is 0 Å². The number of benzene rings is 3. The Kier molecular flexibility index (Phi) is 6.00. The van der Waals surface area contributed by atoms with E-state index in [4.69, 9.17) is 19.0 Å². The SMILES string of the molecule is COc1ccc(-c2c(-c3ccccc3)oc3ncnc(Nc4cccc(OCC(=O)O)c4)c23)cc1. The second-order valence-electron chi connectivity index (χ2n) is 7.64. The minimum Gasteiger partial charge on any atom is -0.497 e. The summed E-state index contributed by atoms with van der Waals surface area (Å²) in [5.41, 5.74) is 3.78. The van der Waals surface area contributed by atoms with Gasteiger partial charge in [0.25, 0.3) is 0 Å². The van der Waals surface area contributed by atoms with Crippen LogP contribution in [0.5, 0.6) is 11.5 Å². The molecule has 0 aliphatic carbocycles. The smallest absolute Gasteiger partial charge is 0.341 e. The fourth-order valence-electron chi connectivity index (χ4n) is 3.80. The second-order valence-corrected chi connectivity index (χ2v) is 7.64. The zero-order chi connectivity index (χ0) is 24.2. The third kappa shape index (κ3) is 4.63. The molecule has 0 atom stereocenters. The Bertz CT molecular complexity index is 1480. The number of nitrogens with zero attached hydrogens (tertiary/aromatic N) is 2. The highest BCUT2D eigenvalue weighted by atomic mass is 16.5. The van der Waals surface area contributed by atoms with Crippen LogP contribution in [0.2, 0.25) is 0 Å². The summed E-state index contributed by atoms with van der Waals surface area (Å²) in [6.07, 6.45) is 1.44. The van der Waals surface area contributed by atoms with Gasteiger partial charge in [-0.1, -0.05) is 48.5 Å². The van der Waals surface area contributed by atoms with Gasteiger partial charge in [-0.3, -0.25) is 0 Å². The number of nitrogens with one attached hydrogen (secondary N) is 1. The number of fused-ring (bicyclic) bond motifs is 1. The van der Waals surface area contributed by atoms with Crippen LogP contribution < -0.4 is 14.8 Å². The topological polar surface area (TPSA) is 107 Å². The van der Waals surface area contributed by atoms with Crippen molar-refractivity contribution < 1.29 is 23.8 Å². The average molecular weight is 467 g/mol. The van der Waals surface area contributed by atoms with E-state index in [0.29, 0.717) is 34.1 Å². The van der Waals surface area contributed by atoms with Crippen molar-refractivity contribution in [3.63, 3.8) is 0 Å².